The van der Waals surface area contributed by atoms with E-state index in [1.807, 2.05) is 39.2 Å². The predicted octanol–water partition coefficient (Wildman–Crippen LogP) is 3.25. The van der Waals surface area contributed by atoms with E-state index in [0.29, 0.717) is 17.1 Å². The van der Waals surface area contributed by atoms with Crippen LogP contribution in [0.3, 0.4) is 0 Å². The lowest BCUT2D eigenvalue weighted by Crippen LogP contribution is -2.36. The minimum Gasteiger partial charge on any atom is -0.376 e. The van der Waals surface area contributed by atoms with Gasteiger partial charge in [-0.25, -0.2) is 0 Å². The molecular weight excluding hydrogens is 371 g/mol. The van der Waals surface area contributed by atoms with E-state index in [1.54, 1.807) is 12.1 Å². The summed E-state index contributed by atoms with van der Waals surface area (Å²) in [6.45, 7) is 1.01. The molecule has 1 aromatic carbocycles. The van der Waals surface area contributed by atoms with Gasteiger partial charge in [0.05, 0.1) is 17.4 Å². The van der Waals surface area contributed by atoms with Crippen molar-refractivity contribution in [2.45, 2.75) is 25.3 Å². The number of benzene rings is 1. The highest BCUT2D eigenvalue weighted by Gasteiger charge is 2.15. The van der Waals surface area contributed by atoms with Gasteiger partial charge >= 0.3 is 0 Å². The van der Waals surface area contributed by atoms with E-state index in [1.165, 1.54) is 0 Å². The second-order valence-corrected chi connectivity index (χ2v) is 6.39. The van der Waals surface area contributed by atoms with Gasteiger partial charge in [0.25, 0.3) is 0 Å². The minimum absolute atomic E-state index is 0. The third-order valence-electron chi connectivity index (χ3n) is 3.41. The minimum atomic E-state index is -0.504. The monoisotopic (exact) mass is 398 g/mol. The zero-order valence-electron chi connectivity index (χ0n) is 14.7. The van der Waals surface area contributed by atoms with Crippen molar-refractivity contribution in [2.75, 3.05) is 45.0 Å². The average Bonchev–Trinajstić information content (AvgIpc) is 2.42. The molecule has 1 rings (SSSR count). The van der Waals surface area contributed by atoms with Gasteiger partial charge in [-0.1, -0.05) is 18.0 Å². The summed E-state index contributed by atoms with van der Waals surface area (Å²) in [5, 5.41) is 3.47. The first-order chi connectivity index (χ1) is 10.3. The fraction of sp³-hybridized carbons (Fsp3) is 0.562. The molecule has 0 fully saturated rings. The molecule has 0 bridgehead atoms. The van der Waals surface area contributed by atoms with Gasteiger partial charge in [0, 0.05) is 19.1 Å². The summed E-state index contributed by atoms with van der Waals surface area (Å²) in [5.74, 6) is -0.171. The van der Waals surface area contributed by atoms with Crippen molar-refractivity contribution in [1.29, 1.82) is 0 Å². The summed E-state index contributed by atoms with van der Waals surface area (Å²) < 4.78 is 0. The maximum Gasteiger partial charge on any atom is 0.241 e. The summed E-state index contributed by atoms with van der Waals surface area (Å²) >= 11 is 6.01. The van der Waals surface area contributed by atoms with Crippen LogP contribution in [0, 0.1) is 0 Å². The lowest BCUT2D eigenvalue weighted by molar-refractivity contribution is -0.117. The fourth-order valence-corrected chi connectivity index (χ4v) is 2.32. The van der Waals surface area contributed by atoms with Crippen LogP contribution >= 0.6 is 36.4 Å². The smallest absolute Gasteiger partial charge is 0.241 e. The number of hydrogen-bond donors (Lipinski definition) is 2. The van der Waals surface area contributed by atoms with E-state index < -0.39 is 6.04 Å². The quantitative estimate of drug-likeness (QED) is 0.659. The third-order valence-corrected chi connectivity index (χ3v) is 3.64. The number of rotatable bonds is 8. The second kappa shape index (κ2) is 12.6. The van der Waals surface area contributed by atoms with Gasteiger partial charge in [-0.15, -0.1) is 24.8 Å². The predicted molar refractivity (Wildman–Crippen MR) is 109 cm³/mol. The van der Waals surface area contributed by atoms with Crippen molar-refractivity contribution >= 4 is 53.7 Å². The highest BCUT2D eigenvalue weighted by molar-refractivity contribution is 6.31. The lowest BCUT2D eigenvalue weighted by atomic mass is 10.1. The van der Waals surface area contributed by atoms with Gasteiger partial charge in [0.1, 0.15) is 0 Å². The summed E-state index contributed by atoms with van der Waals surface area (Å²) in [7, 11) is 7.91. The first kappa shape index (κ1) is 25.5. The Balaban J connectivity index is 0. The van der Waals surface area contributed by atoms with Crippen LogP contribution in [0.15, 0.2) is 18.2 Å². The molecule has 0 aliphatic carbocycles. The first-order valence-corrected chi connectivity index (χ1v) is 7.87. The van der Waals surface area contributed by atoms with Crippen molar-refractivity contribution in [3.8, 4) is 0 Å². The van der Waals surface area contributed by atoms with E-state index >= 15 is 0 Å². The van der Waals surface area contributed by atoms with Crippen LogP contribution in [0.5, 0.6) is 0 Å². The molecule has 0 aliphatic heterocycles. The van der Waals surface area contributed by atoms with E-state index in [9.17, 15) is 4.79 Å². The zero-order valence-corrected chi connectivity index (χ0v) is 17.1. The molecule has 140 valence electrons. The molecular formula is C16H29Cl3N4O. The van der Waals surface area contributed by atoms with Crippen LogP contribution in [-0.4, -0.2) is 51.6 Å². The number of nitrogens with two attached hydrogens (primary N) is 1. The summed E-state index contributed by atoms with van der Waals surface area (Å²) in [6, 6.07) is 4.91. The van der Waals surface area contributed by atoms with E-state index in [4.69, 9.17) is 17.3 Å². The number of carbonyl (C=O) groups is 1. The number of amides is 1. The number of anilines is 2. The van der Waals surface area contributed by atoms with Crippen LogP contribution in [0.25, 0.3) is 0 Å². The van der Waals surface area contributed by atoms with Gasteiger partial charge < -0.3 is 20.9 Å². The summed E-state index contributed by atoms with van der Waals surface area (Å²) in [6.07, 6.45) is 2.65. The fourth-order valence-electron chi connectivity index (χ4n) is 2.15. The van der Waals surface area contributed by atoms with Crippen molar-refractivity contribution in [1.82, 2.24) is 4.90 Å². The van der Waals surface area contributed by atoms with Crippen molar-refractivity contribution in [3.05, 3.63) is 23.2 Å². The number of unbranched alkanes of at least 4 members (excludes halogenated alkanes) is 1. The first-order valence-electron chi connectivity index (χ1n) is 7.49. The van der Waals surface area contributed by atoms with Crippen molar-refractivity contribution in [3.63, 3.8) is 0 Å². The molecule has 1 atom stereocenters. The molecule has 0 saturated carbocycles. The van der Waals surface area contributed by atoms with Gasteiger partial charge in [-0.3, -0.25) is 4.79 Å². The molecule has 1 amide bonds. The highest BCUT2D eigenvalue weighted by atomic mass is 35.5. The van der Waals surface area contributed by atoms with Crippen molar-refractivity contribution < 1.29 is 4.79 Å². The number of nitrogens with zero attached hydrogens (tertiary/aromatic N) is 2. The van der Waals surface area contributed by atoms with Crippen LogP contribution in [0.1, 0.15) is 19.3 Å². The Morgan fingerprint density at radius 2 is 1.83 bits per heavy atom. The maximum atomic E-state index is 12.2. The van der Waals surface area contributed by atoms with Gasteiger partial charge in [-0.2, -0.15) is 0 Å². The summed E-state index contributed by atoms with van der Waals surface area (Å²) in [4.78, 5) is 16.3. The standard InChI is InChI=1S/C16H27ClN4O.2ClH/c1-20(2)10-6-5-7-13(18)16(22)19-14-11-12(17)8-9-15(14)21(3)4;;/h8-9,11,13H,5-7,10,18H2,1-4H3,(H,19,22);2*1H/t13-;;/m0../s1. The molecule has 0 unspecified atom stereocenters. The topological polar surface area (TPSA) is 61.6 Å². The molecule has 0 spiro atoms. The molecule has 8 heteroatoms. The van der Waals surface area contributed by atoms with Crippen LogP contribution in [0.4, 0.5) is 11.4 Å². The Bertz CT molecular complexity index is 498. The molecule has 0 aromatic heterocycles. The Morgan fingerprint density at radius 1 is 1.21 bits per heavy atom. The number of carbonyl (C=O) groups excluding carboxylic acids is 1. The molecule has 5 nitrogen and oxygen atoms in total. The molecule has 0 aliphatic rings. The second-order valence-electron chi connectivity index (χ2n) is 5.95. The van der Waals surface area contributed by atoms with E-state index in [0.717, 1.165) is 25.1 Å². The Kier molecular flexibility index (Phi) is 13.4. The van der Waals surface area contributed by atoms with Gasteiger partial charge in [0.2, 0.25) is 5.91 Å². The normalized spacial score (nSPS) is 11.3. The molecule has 3 N–H and O–H groups in total. The van der Waals surface area contributed by atoms with Crippen LogP contribution in [0.2, 0.25) is 5.02 Å². The van der Waals surface area contributed by atoms with E-state index in [2.05, 4.69) is 10.2 Å². The molecule has 24 heavy (non-hydrogen) atoms. The van der Waals surface area contributed by atoms with Crippen molar-refractivity contribution in [2.24, 2.45) is 5.73 Å². The van der Waals surface area contributed by atoms with Gasteiger partial charge in [0.15, 0.2) is 0 Å². The number of nitrogens with one attached hydrogen (secondary N) is 1. The molecule has 1 aromatic rings. The average molecular weight is 400 g/mol. The number of halogens is 3. The lowest BCUT2D eigenvalue weighted by Gasteiger charge is -2.20. The summed E-state index contributed by atoms with van der Waals surface area (Å²) in [5.41, 5.74) is 7.56. The van der Waals surface area contributed by atoms with Crippen LogP contribution < -0.4 is 16.0 Å². The zero-order chi connectivity index (χ0) is 16.7. The highest BCUT2D eigenvalue weighted by Crippen LogP contribution is 2.27. The van der Waals surface area contributed by atoms with Gasteiger partial charge in [-0.05, 0) is 51.7 Å². The Labute approximate surface area is 162 Å². The number of hydrogen-bond acceptors (Lipinski definition) is 4. The molecule has 0 radical (unpaired) electrons. The maximum absolute atomic E-state index is 12.2. The van der Waals surface area contributed by atoms with E-state index in [-0.39, 0.29) is 30.7 Å². The SMILES string of the molecule is CN(C)CCCC[C@H](N)C(=O)Nc1cc(Cl)ccc1N(C)C.Cl.Cl. The Hall–Kier alpha value is -0.720. The Morgan fingerprint density at radius 3 is 2.38 bits per heavy atom. The van der Waals surface area contributed by atoms with Crippen LogP contribution in [-0.2, 0) is 4.79 Å². The largest absolute Gasteiger partial charge is 0.376 e. The molecule has 0 heterocycles. The molecule has 0 saturated heterocycles. The third kappa shape index (κ3) is 8.94.